The van der Waals surface area contributed by atoms with Crippen molar-refractivity contribution in [2.75, 3.05) is 6.61 Å². The van der Waals surface area contributed by atoms with Crippen LogP contribution >= 0.6 is 0 Å². The molecule has 4 aliphatic carbocycles. The number of hydrogen-bond acceptors (Lipinski definition) is 7. The third-order valence-corrected chi connectivity index (χ3v) is 9.26. The second-order valence-corrected chi connectivity index (χ2v) is 11.2. The lowest BCUT2D eigenvalue weighted by Gasteiger charge is -2.60. The number of aliphatic hydroxyl groups excluding tert-OH is 1. The van der Waals surface area contributed by atoms with Gasteiger partial charge in [0.15, 0.2) is 11.6 Å². The molecule has 0 spiro atoms. The van der Waals surface area contributed by atoms with E-state index >= 15 is 0 Å². The Balaban J connectivity index is 1.65. The summed E-state index contributed by atoms with van der Waals surface area (Å²) in [7, 11) is -4.80. The number of aliphatic hydroxyl groups is 2. The van der Waals surface area contributed by atoms with E-state index in [9.17, 15) is 28.2 Å². The predicted molar refractivity (Wildman–Crippen MR) is 106 cm³/mol. The summed E-state index contributed by atoms with van der Waals surface area (Å²) in [5.74, 6) is -0.618. The van der Waals surface area contributed by atoms with E-state index in [0.717, 1.165) is 18.4 Å². The molecule has 4 rings (SSSR count). The SMILES string of the molecule is CC12CCC(=O)C=C1CCC1C2C(O)CC2(C)C1CC[C@]2(O)C(=O)COS(=O)(=O)O. The summed E-state index contributed by atoms with van der Waals surface area (Å²) in [6.07, 6.45) is 4.67. The van der Waals surface area contributed by atoms with Gasteiger partial charge in [-0.3, -0.25) is 14.1 Å². The number of fused-ring (bicyclic) bond motifs is 5. The first-order valence-electron chi connectivity index (χ1n) is 10.6. The highest BCUT2D eigenvalue weighted by atomic mass is 32.3. The maximum atomic E-state index is 12.8. The number of carbonyl (C=O) groups excluding carboxylic acids is 2. The van der Waals surface area contributed by atoms with Crippen molar-refractivity contribution in [1.82, 2.24) is 0 Å². The van der Waals surface area contributed by atoms with Gasteiger partial charge < -0.3 is 10.2 Å². The first-order valence-corrected chi connectivity index (χ1v) is 12.0. The second kappa shape index (κ2) is 6.93. The molecule has 0 aliphatic heterocycles. The van der Waals surface area contributed by atoms with Gasteiger partial charge in [-0.25, -0.2) is 4.18 Å². The molecule has 9 heteroatoms. The Labute approximate surface area is 176 Å². The van der Waals surface area contributed by atoms with Crippen LogP contribution in [0.3, 0.4) is 0 Å². The van der Waals surface area contributed by atoms with Crippen LogP contribution in [0.25, 0.3) is 0 Å². The van der Waals surface area contributed by atoms with Crippen molar-refractivity contribution in [3.8, 4) is 0 Å². The van der Waals surface area contributed by atoms with Crippen molar-refractivity contribution < 1.29 is 37.0 Å². The Bertz CT molecular complexity index is 910. The van der Waals surface area contributed by atoms with Gasteiger partial charge in [0.2, 0.25) is 0 Å². The fourth-order valence-electron chi connectivity index (χ4n) is 7.40. The topological polar surface area (TPSA) is 138 Å². The zero-order valence-corrected chi connectivity index (χ0v) is 18.2. The largest absolute Gasteiger partial charge is 0.397 e. The van der Waals surface area contributed by atoms with Crippen molar-refractivity contribution >= 4 is 22.0 Å². The fourth-order valence-corrected chi connectivity index (χ4v) is 7.65. The summed E-state index contributed by atoms with van der Waals surface area (Å²) < 4.78 is 34.8. The summed E-state index contributed by atoms with van der Waals surface area (Å²) >= 11 is 0. The van der Waals surface area contributed by atoms with E-state index in [0.29, 0.717) is 19.3 Å². The van der Waals surface area contributed by atoms with Gasteiger partial charge in [-0.2, -0.15) is 8.42 Å². The molecule has 30 heavy (non-hydrogen) atoms. The van der Waals surface area contributed by atoms with Crippen LogP contribution < -0.4 is 0 Å². The molecule has 0 amide bonds. The third-order valence-electron chi connectivity index (χ3n) is 8.85. The first-order chi connectivity index (χ1) is 13.8. The molecule has 3 fully saturated rings. The molecule has 0 bridgehead atoms. The van der Waals surface area contributed by atoms with Gasteiger partial charge in [-0.1, -0.05) is 19.4 Å². The lowest BCUT2D eigenvalue weighted by atomic mass is 9.45. The molecule has 6 unspecified atom stereocenters. The maximum absolute atomic E-state index is 12.8. The molecule has 0 heterocycles. The van der Waals surface area contributed by atoms with E-state index < -0.39 is 39.9 Å². The van der Waals surface area contributed by atoms with Crippen molar-refractivity contribution in [3.05, 3.63) is 11.6 Å². The van der Waals surface area contributed by atoms with Gasteiger partial charge in [0, 0.05) is 11.8 Å². The lowest BCUT2D eigenvalue weighted by Crippen LogP contribution is -2.62. The van der Waals surface area contributed by atoms with Gasteiger partial charge in [0.25, 0.3) is 0 Å². The highest BCUT2D eigenvalue weighted by Crippen LogP contribution is 2.67. The summed E-state index contributed by atoms with van der Waals surface area (Å²) in [6, 6.07) is 0. The Hall–Kier alpha value is -1.13. The monoisotopic (exact) mass is 442 g/mol. The van der Waals surface area contributed by atoms with Gasteiger partial charge in [0.1, 0.15) is 12.2 Å². The van der Waals surface area contributed by atoms with Crippen LogP contribution in [0, 0.1) is 28.6 Å². The highest BCUT2D eigenvalue weighted by molar-refractivity contribution is 7.80. The van der Waals surface area contributed by atoms with E-state index in [2.05, 4.69) is 11.1 Å². The quantitative estimate of drug-likeness (QED) is 0.558. The van der Waals surface area contributed by atoms with Crippen molar-refractivity contribution in [2.24, 2.45) is 28.6 Å². The molecular formula is C21H30O8S. The minimum absolute atomic E-state index is 0.0124. The standard InChI is InChI=1S/C21H30O8S/c1-19-7-5-13(22)9-12(19)3-4-14-15-6-8-21(25,17(24)11-29-30(26,27)28)20(15,2)10-16(23)18(14)19/h9,14-16,18,23,25H,3-8,10-11H2,1-2H3,(H,26,27,28)/t14?,15?,16?,18?,19?,20?,21-/m0/s1. The summed E-state index contributed by atoms with van der Waals surface area (Å²) in [6.45, 7) is 2.99. The summed E-state index contributed by atoms with van der Waals surface area (Å²) in [4.78, 5) is 24.7. The van der Waals surface area contributed by atoms with E-state index in [1.54, 1.807) is 13.0 Å². The average molecular weight is 443 g/mol. The number of rotatable bonds is 4. The van der Waals surface area contributed by atoms with Crippen LogP contribution in [0.15, 0.2) is 11.6 Å². The number of ketones is 2. The van der Waals surface area contributed by atoms with Gasteiger partial charge >= 0.3 is 10.4 Å². The molecule has 0 aromatic heterocycles. The van der Waals surface area contributed by atoms with Crippen LogP contribution in [0.5, 0.6) is 0 Å². The van der Waals surface area contributed by atoms with Crippen molar-refractivity contribution in [3.63, 3.8) is 0 Å². The summed E-state index contributed by atoms with van der Waals surface area (Å²) in [5.41, 5.74) is -1.91. The number of hydrogen-bond donors (Lipinski definition) is 3. The fraction of sp³-hybridized carbons (Fsp3) is 0.810. The molecule has 7 atom stereocenters. The van der Waals surface area contributed by atoms with Crippen LogP contribution in [0.4, 0.5) is 0 Å². The van der Waals surface area contributed by atoms with Crippen molar-refractivity contribution in [1.29, 1.82) is 0 Å². The molecule has 3 saturated carbocycles. The maximum Gasteiger partial charge on any atom is 0.397 e. The number of carbonyl (C=O) groups is 2. The zero-order valence-electron chi connectivity index (χ0n) is 17.3. The molecule has 168 valence electrons. The van der Waals surface area contributed by atoms with Crippen LogP contribution in [-0.2, 0) is 24.2 Å². The zero-order chi connectivity index (χ0) is 22.1. The number of Topliss-reactive ketones (excluding diaryl/α,β-unsaturated/α-hetero) is 1. The average Bonchev–Trinajstić information content (AvgIpc) is 2.91. The molecule has 0 saturated heterocycles. The minimum atomic E-state index is -4.80. The Morgan fingerprint density at radius 3 is 2.60 bits per heavy atom. The molecule has 0 aromatic carbocycles. The van der Waals surface area contributed by atoms with E-state index in [-0.39, 0.29) is 41.8 Å². The first kappa shape index (κ1) is 22.1. The Kier molecular flexibility index (Phi) is 5.10. The summed E-state index contributed by atoms with van der Waals surface area (Å²) in [5, 5.41) is 22.6. The van der Waals surface area contributed by atoms with Gasteiger partial charge in [-0.15, -0.1) is 0 Å². The lowest BCUT2D eigenvalue weighted by molar-refractivity contribution is -0.181. The Morgan fingerprint density at radius 1 is 1.23 bits per heavy atom. The molecule has 0 aromatic rings. The van der Waals surface area contributed by atoms with E-state index in [4.69, 9.17) is 4.55 Å². The third kappa shape index (κ3) is 3.12. The van der Waals surface area contributed by atoms with Crippen LogP contribution in [0.2, 0.25) is 0 Å². The normalized spacial score (nSPS) is 45.9. The molecule has 0 radical (unpaired) electrons. The van der Waals surface area contributed by atoms with Crippen LogP contribution in [-0.4, -0.2) is 53.1 Å². The minimum Gasteiger partial charge on any atom is -0.393 e. The van der Waals surface area contributed by atoms with Gasteiger partial charge in [-0.05, 0) is 67.8 Å². The number of allylic oxidation sites excluding steroid dienone is 1. The molecular weight excluding hydrogens is 412 g/mol. The molecule has 3 N–H and O–H groups in total. The second-order valence-electron chi connectivity index (χ2n) is 10.1. The molecule has 8 nitrogen and oxygen atoms in total. The van der Waals surface area contributed by atoms with E-state index in [1.165, 1.54) is 0 Å². The smallest absolute Gasteiger partial charge is 0.393 e. The Morgan fingerprint density at radius 2 is 1.93 bits per heavy atom. The van der Waals surface area contributed by atoms with E-state index in [1.807, 2.05) is 0 Å². The predicted octanol–water partition coefficient (Wildman–Crippen LogP) is 1.61. The molecule has 4 aliphatic rings. The highest BCUT2D eigenvalue weighted by Gasteiger charge is 2.68. The van der Waals surface area contributed by atoms with Crippen LogP contribution in [0.1, 0.15) is 58.8 Å². The van der Waals surface area contributed by atoms with Gasteiger partial charge in [0.05, 0.1) is 6.10 Å². The van der Waals surface area contributed by atoms with Crippen molar-refractivity contribution in [2.45, 2.75) is 70.5 Å².